The lowest BCUT2D eigenvalue weighted by Gasteiger charge is -2.37. The van der Waals surface area contributed by atoms with Gasteiger partial charge in [0, 0.05) is 11.6 Å². The first-order valence-corrected chi connectivity index (χ1v) is 6.38. The number of morpholine rings is 1. The van der Waals surface area contributed by atoms with Gasteiger partial charge in [-0.05, 0) is 24.6 Å². The van der Waals surface area contributed by atoms with Crippen molar-refractivity contribution >= 4 is 23.3 Å². The van der Waals surface area contributed by atoms with Gasteiger partial charge in [-0.1, -0.05) is 18.5 Å². The largest absolute Gasteiger partial charge is 0.478 e. The van der Waals surface area contributed by atoms with Crippen LogP contribution in [0.25, 0.3) is 0 Å². The molecule has 0 bridgehead atoms. The van der Waals surface area contributed by atoms with Crippen molar-refractivity contribution in [1.82, 2.24) is 0 Å². The molecule has 1 N–H and O–H groups in total. The molecule has 1 saturated heterocycles. The van der Waals surface area contributed by atoms with Crippen LogP contribution in [0.4, 0.5) is 5.69 Å². The molecule has 0 saturated carbocycles. The van der Waals surface area contributed by atoms with Gasteiger partial charge in [-0.2, -0.15) is 0 Å². The number of ether oxygens (including phenoxy) is 1. The van der Waals surface area contributed by atoms with Crippen molar-refractivity contribution in [2.24, 2.45) is 0 Å². The fraction of sp³-hybridized carbons (Fsp3) is 0.462. The highest BCUT2D eigenvalue weighted by atomic mass is 35.5. The number of hydrogen-bond acceptors (Lipinski definition) is 3. The van der Waals surface area contributed by atoms with Gasteiger partial charge in [-0.15, -0.1) is 0 Å². The second kappa shape index (κ2) is 5.59. The number of carbonyl (C=O) groups is 1. The van der Waals surface area contributed by atoms with E-state index in [9.17, 15) is 9.90 Å². The highest BCUT2D eigenvalue weighted by Gasteiger charge is 2.25. The molecule has 4 nitrogen and oxygen atoms in total. The summed E-state index contributed by atoms with van der Waals surface area (Å²) in [7, 11) is 0. The molecular formula is C13H16ClNO3. The van der Waals surface area contributed by atoms with Crippen LogP contribution in [0.5, 0.6) is 0 Å². The Morgan fingerprint density at radius 1 is 1.61 bits per heavy atom. The van der Waals surface area contributed by atoms with Crippen molar-refractivity contribution in [2.45, 2.75) is 19.4 Å². The highest BCUT2D eigenvalue weighted by Crippen LogP contribution is 2.28. The Morgan fingerprint density at radius 3 is 3.06 bits per heavy atom. The zero-order chi connectivity index (χ0) is 13.1. The second-order valence-electron chi connectivity index (χ2n) is 4.30. The summed E-state index contributed by atoms with van der Waals surface area (Å²) in [5, 5.41) is 9.80. The quantitative estimate of drug-likeness (QED) is 0.917. The molecule has 1 unspecified atom stereocenters. The minimum atomic E-state index is -0.928. The molecule has 1 aliphatic heterocycles. The van der Waals surface area contributed by atoms with E-state index in [4.69, 9.17) is 16.3 Å². The third-order valence-electron chi connectivity index (χ3n) is 3.20. The maximum Gasteiger partial charge on any atom is 0.337 e. The van der Waals surface area contributed by atoms with Gasteiger partial charge in [0.15, 0.2) is 0 Å². The highest BCUT2D eigenvalue weighted by molar-refractivity contribution is 6.31. The van der Waals surface area contributed by atoms with Crippen LogP contribution in [0.1, 0.15) is 23.7 Å². The number of anilines is 1. The summed E-state index contributed by atoms with van der Waals surface area (Å²) in [5.41, 5.74) is 0.977. The molecule has 1 fully saturated rings. The molecule has 1 aromatic carbocycles. The van der Waals surface area contributed by atoms with E-state index >= 15 is 0 Å². The van der Waals surface area contributed by atoms with Crippen LogP contribution in [0.3, 0.4) is 0 Å². The summed E-state index contributed by atoms with van der Waals surface area (Å²) in [6.07, 6.45) is 0.908. The Bertz CT molecular complexity index is 450. The summed E-state index contributed by atoms with van der Waals surface area (Å²) >= 11 is 5.98. The van der Waals surface area contributed by atoms with Crippen molar-refractivity contribution in [3.63, 3.8) is 0 Å². The number of carboxylic acids is 1. The second-order valence-corrected chi connectivity index (χ2v) is 4.73. The Labute approximate surface area is 111 Å². The number of halogens is 1. The number of benzene rings is 1. The normalized spacial score (nSPS) is 19.9. The lowest BCUT2D eigenvalue weighted by molar-refractivity contribution is 0.0694. The third-order valence-corrected chi connectivity index (χ3v) is 3.43. The van der Waals surface area contributed by atoms with Crippen molar-refractivity contribution in [3.8, 4) is 0 Å². The fourth-order valence-corrected chi connectivity index (χ4v) is 2.40. The molecule has 0 amide bonds. The van der Waals surface area contributed by atoms with Crippen LogP contribution in [-0.4, -0.2) is 36.9 Å². The van der Waals surface area contributed by atoms with Crippen molar-refractivity contribution < 1.29 is 14.6 Å². The molecule has 2 rings (SSSR count). The molecule has 0 radical (unpaired) electrons. The van der Waals surface area contributed by atoms with E-state index in [-0.39, 0.29) is 6.04 Å². The predicted octanol–water partition coefficient (Wildman–Crippen LogP) is 2.65. The minimum absolute atomic E-state index is 0.204. The van der Waals surface area contributed by atoms with Crippen molar-refractivity contribution in [1.29, 1.82) is 0 Å². The van der Waals surface area contributed by atoms with E-state index < -0.39 is 5.97 Å². The van der Waals surface area contributed by atoms with Gasteiger partial charge in [-0.3, -0.25) is 0 Å². The van der Waals surface area contributed by atoms with Gasteiger partial charge in [0.2, 0.25) is 0 Å². The molecule has 1 aliphatic rings. The molecule has 5 heteroatoms. The number of carboxylic acid groups (broad SMARTS) is 1. The van der Waals surface area contributed by atoms with Gasteiger partial charge in [0.25, 0.3) is 0 Å². The van der Waals surface area contributed by atoms with Crippen LogP contribution in [0, 0.1) is 0 Å². The number of nitrogens with zero attached hydrogens (tertiary/aromatic N) is 1. The summed E-state index contributed by atoms with van der Waals surface area (Å²) in [5.74, 6) is -0.928. The molecule has 98 valence electrons. The van der Waals surface area contributed by atoms with Crippen LogP contribution in [-0.2, 0) is 4.74 Å². The molecular weight excluding hydrogens is 254 g/mol. The number of rotatable bonds is 3. The summed E-state index contributed by atoms with van der Waals surface area (Å²) in [4.78, 5) is 13.4. The smallest absolute Gasteiger partial charge is 0.337 e. The first kappa shape index (κ1) is 13.2. The number of hydrogen-bond donors (Lipinski definition) is 1. The van der Waals surface area contributed by atoms with E-state index in [1.54, 1.807) is 18.2 Å². The van der Waals surface area contributed by atoms with Gasteiger partial charge in [-0.25, -0.2) is 4.79 Å². The van der Waals surface area contributed by atoms with E-state index in [1.165, 1.54) is 0 Å². The maximum atomic E-state index is 11.3. The van der Waals surface area contributed by atoms with Crippen molar-refractivity contribution in [2.75, 3.05) is 24.7 Å². The van der Waals surface area contributed by atoms with Crippen LogP contribution in [0.15, 0.2) is 18.2 Å². The summed E-state index contributed by atoms with van der Waals surface area (Å²) in [6, 6.07) is 5.09. The molecule has 1 aromatic rings. The van der Waals surface area contributed by atoms with E-state index in [1.807, 2.05) is 0 Å². The van der Waals surface area contributed by atoms with Gasteiger partial charge in [0.05, 0.1) is 30.5 Å². The fourth-order valence-electron chi connectivity index (χ4n) is 2.23. The average Bonchev–Trinajstić information content (AvgIpc) is 2.38. The molecule has 1 atom stereocenters. The van der Waals surface area contributed by atoms with Gasteiger partial charge >= 0.3 is 5.97 Å². The maximum absolute atomic E-state index is 11.3. The first-order chi connectivity index (χ1) is 8.63. The SMILES string of the molecule is CCC1COCCN1c1cc(Cl)ccc1C(=O)O. The Balaban J connectivity index is 2.41. The zero-order valence-electron chi connectivity index (χ0n) is 10.2. The van der Waals surface area contributed by atoms with E-state index in [0.29, 0.717) is 36.0 Å². The molecule has 1 heterocycles. The van der Waals surface area contributed by atoms with E-state index in [0.717, 1.165) is 6.42 Å². The van der Waals surface area contributed by atoms with Crippen LogP contribution in [0.2, 0.25) is 5.02 Å². The predicted molar refractivity (Wildman–Crippen MR) is 70.7 cm³/mol. The average molecular weight is 270 g/mol. The molecule has 0 spiro atoms. The van der Waals surface area contributed by atoms with Crippen LogP contribution < -0.4 is 4.90 Å². The topological polar surface area (TPSA) is 49.8 Å². The number of aromatic carboxylic acids is 1. The summed E-state index contributed by atoms with van der Waals surface area (Å²) in [6.45, 7) is 4.00. The first-order valence-electron chi connectivity index (χ1n) is 6.00. The Kier molecular flexibility index (Phi) is 4.09. The van der Waals surface area contributed by atoms with Crippen LogP contribution >= 0.6 is 11.6 Å². The zero-order valence-corrected chi connectivity index (χ0v) is 11.0. The van der Waals surface area contributed by atoms with E-state index in [2.05, 4.69) is 11.8 Å². The van der Waals surface area contributed by atoms with Gasteiger partial charge in [0.1, 0.15) is 0 Å². The monoisotopic (exact) mass is 269 g/mol. The molecule has 0 aliphatic carbocycles. The third kappa shape index (κ3) is 2.60. The lowest BCUT2D eigenvalue weighted by atomic mass is 10.1. The standard InChI is InChI=1S/C13H16ClNO3/c1-2-10-8-18-6-5-15(10)12-7-9(14)3-4-11(12)13(16)17/h3-4,7,10H,2,5-6,8H2,1H3,(H,16,17). The summed E-state index contributed by atoms with van der Waals surface area (Å²) < 4.78 is 5.43. The Hall–Kier alpha value is -1.26. The molecule has 0 aromatic heterocycles. The lowest BCUT2D eigenvalue weighted by Crippen LogP contribution is -2.45. The minimum Gasteiger partial charge on any atom is -0.478 e. The van der Waals surface area contributed by atoms with Gasteiger partial charge < -0.3 is 14.7 Å². The molecule has 18 heavy (non-hydrogen) atoms. The van der Waals surface area contributed by atoms with Crippen molar-refractivity contribution in [3.05, 3.63) is 28.8 Å². The Morgan fingerprint density at radius 2 is 2.39 bits per heavy atom.